The third-order valence-electron chi connectivity index (χ3n) is 1.26. The molecule has 0 aromatic carbocycles. The van der Waals surface area contributed by atoms with E-state index in [0.717, 1.165) is 6.54 Å². The lowest BCUT2D eigenvalue weighted by Gasteiger charge is -2.02. The molecule has 0 radical (unpaired) electrons. The summed E-state index contributed by atoms with van der Waals surface area (Å²) in [4.78, 5) is 13.7. The summed E-state index contributed by atoms with van der Waals surface area (Å²) in [7, 11) is 7.56. The van der Waals surface area contributed by atoms with Gasteiger partial charge in [-0.25, -0.2) is 0 Å². The van der Waals surface area contributed by atoms with Crippen molar-refractivity contribution in [1.29, 1.82) is 0 Å². The second kappa shape index (κ2) is 10.4. The summed E-state index contributed by atoms with van der Waals surface area (Å²) in [5.41, 5.74) is 0. The number of hydrogen-bond acceptors (Lipinski definition) is 2. The number of rotatable bonds is 1. The van der Waals surface area contributed by atoms with Crippen LogP contribution in [0.3, 0.4) is 0 Å². The Labute approximate surface area is 77.4 Å². The number of amides is 1. The van der Waals surface area contributed by atoms with Crippen LogP contribution in [0.4, 0.5) is 0 Å². The lowest BCUT2D eigenvalue weighted by atomic mass is 10.7. The fourth-order valence-electron chi connectivity index (χ4n) is 0. The van der Waals surface area contributed by atoms with Crippen LogP contribution in [0.25, 0.3) is 0 Å². The Morgan fingerprint density at radius 2 is 1.33 bits per heavy atom. The van der Waals surface area contributed by atoms with Crippen molar-refractivity contribution < 1.29 is 4.79 Å². The van der Waals surface area contributed by atoms with Crippen molar-refractivity contribution in [2.24, 2.45) is 0 Å². The van der Waals surface area contributed by atoms with E-state index in [1.54, 1.807) is 14.1 Å². The Kier molecular flexibility index (Phi) is 15.2. The van der Waals surface area contributed by atoms with Crippen molar-refractivity contribution in [2.45, 2.75) is 21.3 Å². The maximum absolute atomic E-state index is 10.1. The number of nitrogens with zero attached hydrogens (tertiary/aromatic N) is 2. The maximum Gasteiger partial charge on any atom is 0.218 e. The number of carbonyl (C=O) groups excluding carboxylic acids is 1. The lowest BCUT2D eigenvalue weighted by molar-refractivity contribution is -0.126. The van der Waals surface area contributed by atoms with E-state index in [1.807, 2.05) is 0 Å². The molecule has 0 fully saturated rings. The van der Waals surface area contributed by atoms with Crippen LogP contribution < -0.4 is 0 Å². The van der Waals surface area contributed by atoms with Gasteiger partial charge in [-0.1, -0.05) is 14.4 Å². The Balaban J connectivity index is -0.000000126. The van der Waals surface area contributed by atoms with Gasteiger partial charge in [-0.15, -0.1) is 0 Å². The zero-order chi connectivity index (χ0) is 9.44. The van der Waals surface area contributed by atoms with Crippen LogP contribution >= 0.6 is 0 Å². The van der Waals surface area contributed by atoms with Gasteiger partial charge in [-0.3, -0.25) is 4.79 Å². The van der Waals surface area contributed by atoms with Gasteiger partial charge >= 0.3 is 0 Å². The molecule has 0 saturated carbocycles. The van der Waals surface area contributed by atoms with Gasteiger partial charge in [0.2, 0.25) is 5.91 Å². The van der Waals surface area contributed by atoms with Gasteiger partial charge in [0.1, 0.15) is 0 Å². The standard InChI is InChI=1S/C4H9NO.C4H11N.CH4/c1-4(6)5(2)3;1-4-5(2)3;/h1-3H3;4H2,1-3H3;1H4. The van der Waals surface area contributed by atoms with Gasteiger partial charge in [-0.2, -0.15) is 0 Å². The fourth-order valence-corrected chi connectivity index (χ4v) is 0. The fraction of sp³-hybridized carbons (Fsp3) is 0.889. The van der Waals surface area contributed by atoms with E-state index in [0.29, 0.717) is 0 Å². The molecule has 3 heteroatoms. The second-order valence-electron chi connectivity index (χ2n) is 2.81. The topological polar surface area (TPSA) is 23.6 Å². The Morgan fingerprint density at radius 1 is 1.17 bits per heavy atom. The van der Waals surface area contributed by atoms with E-state index in [9.17, 15) is 4.79 Å². The zero-order valence-corrected chi connectivity index (χ0v) is 8.51. The minimum atomic E-state index is 0. The minimum Gasteiger partial charge on any atom is -0.349 e. The molecule has 12 heavy (non-hydrogen) atoms. The molecule has 0 unspecified atom stereocenters. The molecule has 0 saturated heterocycles. The summed E-state index contributed by atoms with van der Waals surface area (Å²) in [6.45, 7) is 4.79. The van der Waals surface area contributed by atoms with Crippen molar-refractivity contribution in [1.82, 2.24) is 9.80 Å². The van der Waals surface area contributed by atoms with Crippen LogP contribution in [0.5, 0.6) is 0 Å². The van der Waals surface area contributed by atoms with Gasteiger partial charge in [0.05, 0.1) is 0 Å². The molecular formula is C9H24N2O. The molecule has 0 rings (SSSR count). The highest BCUT2D eigenvalue weighted by Gasteiger charge is 1.87. The van der Waals surface area contributed by atoms with Gasteiger partial charge in [0, 0.05) is 21.0 Å². The second-order valence-corrected chi connectivity index (χ2v) is 2.81. The smallest absolute Gasteiger partial charge is 0.218 e. The Bertz CT molecular complexity index is 101. The van der Waals surface area contributed by atoms with Crippen molar-refractivity contribution in [3.63, 3.8) is 0 Å². The average Bonchev–Trinajstić information content (AvgIpc) is 1.89. The molecule has 0 N–H and O–H groups in total. The van der Waals surface area contributed by atoms with Crippen molar-refractivity contribution in [3.05, 3.63) is 0 Å². The first kappa shape index (κ1) is 17.5. The van der Waals surface area contributed by atoms with Crippen LogP contribution in [0.1, 0.15) is 21.3 Å². The molecule has 0 bridgehead atoms. The van der Waals surface area contributed by atoms with Gasteiger partial charge in [0.25, 0.3) is 0 Å². The number of hydrogen-bond donors (Lipinski definition) is 0. The monoisotopic (exact) mass is 176 g/mol. The first-order chi connectivity index (χ1) is 4.91. The molecular weight excluding hydrogens is 152 g/mol. The van der Waals surface area contributed by atoms with E-state index in [1.165, 1.54) is 11.8 Å². The summed E-state index contributed by atoms with van der Waals surface area (Å²) in [6, 6.07) is 0. The van der Waals surface area contributed by atoms with Gasteiger partial charge in [-0.05, 0) is 20.6 Å². The summed E-state index contributed by atoms with van der Waals surface area (Å²) in [6.07, 6.45) is 0. The molecule has 0 aliphatic carbocycles. The van der Waals surface area contributed by atoms with Crippen molar-refractivity contribution >= 4 is 5.91 Å². The normalized spacial score (nSPS) is 7.92. The molecule has 76 valence electrons. The zero-order valence-electron chi connectivity index (χ0n) is 8.51. The molecule has 0 aliphatic rings. The SMILES string of the molecule is C.CC(=O)N(C)C.CCN(C)C. The predicted octanol–water partition coefficient (Wildman–Crippen LogP) is 1.30. The van der Waals surface area contributed by atoms with Crippen LogP contribution in [-0.4, -0.2) is 50.4 Å². The van der Waals surface area contributed by atoms with E-state index in [-0.39, 0.29) is 13.3 Å². The molecule has 0 heterocycles. The maximum atomic E-state index is 10.1. The summed E-state index contributed by atoms with van der Waals surface area (Å²) in [5, 5.41) is 0. The third-order valence-corrected chi connectivity index (χ3v) is 1.26. The Morgan fingerprint density at radius 3 is 1.33 bits per heavy atom. The van der Waals surface area contributed by atoms with Gasteiger partial charge in [0.15, 0.2) is 0 Å². The molecule has 3 nitrogen and oxygen atoms in total. The van der Waals surface area contributed by atoms with Crippen molar-refractivity contribution in [3.8, 4) is 0 Å². The highest BCUT2D eigenvalue weighted by Crippen LogP contribution is 1.69. The minimum absolute atomic E-state index is 0. The largest absolute Gasteiger partial charge is 0.349 e. The Hall–Kier alpha value is -0.570. The summed E-state index contributed by atoms with van der Waals surface area (Å²) in [5.74, 6) is 0.0926. The van der Waals surface area contributed by atoms with E-state index < -0.39 is 0 Å². The first-order valence-electron chi connectivity index (χ1n) is 3.74. The molecule has 0 atom stereocenters. The van der Waals surface area contributed by atoms with E-state index in [2.05, 4.69) is 25.9 Å². The summed E-state index contributed by atoms with van der Waals surface area (Å²) < 4.78 is 0. The van der Waals surface area contributed by atoms with Gasteiger partial charge < -0.3 is 9.80 Å². The number of carbonyl (C=O) groups is 1. The highest BCUT2D eigenvalue weighted by atomic mass is 16.2. The lowest BCUT2D eigenvalue weighted by Crippen LogP contribution is -2.17. The van der Waals surface area contributed by atoms with Crippen LogP contribution in [0.2, 0.25) is 0 Å². The quantitative estimate of drug-likeness (QED) is 0.601. The third kappa shape index (κ3) is 22.7. The van der Waals surface area contributed by atoms with E-state index in [4.69, 9.17) is 0 Å². The van der Waals surface area contributed by atoms with Crippen LogP contribution in [0, 0.1) is 0 Å². The van der Waals surface area contributed by atoms with Crippen LogP contribution in [0.15, 0.2) is 0 Å². The highest BCUT2D eigenvalue weighted by molar-refractivity contribution is 5.72. The first-order valence-corrected chi connectivity index (χ1v) is 3.74. The molecule has 0 aromatic rings. The van der Waals surface area contributed by atoms with Crippen molar-refractivity contribution in [2.75, 3.05) is 34.7 Å². The average molecular weight is 176 g/mol. The molecule has 1 amide bonds. The molecule has 0 aliphatic heterocycles. The summed E-state index contributed by atoms with van der Waals surface area (Å²) >= 11 is 0. The van der Waals surface area contributed by atoms with E-state index >= 15 is 0 Å². The molecule has 0 spiro atoms. The predicted molar refractivity (Wildman–Crippen MR) is 55.3 cm³/mol. The molecule has 0 aromatic heterocycles. The van der Waals surface area contributed by atoms with Crippen LogP contribution in [-0.2, 0) is 4.79 Å².